The van der Waals surface area contributed by atoms with E-state index >= 15 is 0 Å². The van der Waals surface area contributed by atoms with Crippen molar-refractivity contribution in [2.45, 2.75) is 0 Å². The Morgan fingerprint density at radius 1 is 1.05 bits per heavy atom. The molecule has 5 nitrogen and oxygen atoms in total. The first kappa shape index (κ1) is 14.6. The molecule has 0 fully saturated rings. The summed E-state index contributed by atoms with van der Waals surface area (Å²) < 4.78 is 9.92. The van der Waals surface area contributed by atoms with E-state index in [1.54, 1.807) is 24.3 Å². The molecule has 0 aliphatic carbocycles. The molecule has 2 aromatic carbocycles. The SMILES string of the molecule is COc1ccc(C(=O)COC(=O)c2cccc(O)c2)cc1. The minimum Gasteiger partial charge on any atom is -0.508 e. The van der Waals surface area contributed by atoms with Crippen molar-refractivity contribution in [3.05, 3.63) is 59.7 Å². The fourth-order valence-corrected chi connectivity index (χ4v) is 1.71. The van der Waals surface area contributed by atoms with Gasteiger partial charge in [-0.05, 0) is 42.5 Å². The minimum atomic E-state index is -0.659. The van der Waals surface area contributed by atoms with Crippen LogP contribution >= 0.6 is 0 Å². The van der Waals surface area contributed by atoms with Crippen LogP contribution < -0.4 is 4.74 Å². The number of Topliss-reactive ketones (excluding diaryl/α,β-unsaturated/α-hetero) is 1. The predicted octanol–water partition coefficient (Wildman–Crippen LogP) is 2.44. The third-order valence-electron chi connectivity index (χ3n) is 2.83. The number of phenolic OH excluding ortho intramolecular Hbond substituents is 1. The number of ketones is 1. The largest absolute Gasteiger partial charge is 0.508 e. The van der Waals surface area contributed by atoms with E-state index in [0.717, 1.165) is 0 Å². The van der Waals surface area contributed by atoms with E-state index in [9.17, 15) is 14.7 Å². The molecule has 5 heteroatoms. The van der Waals surface area contributed by atoms with Crippen LogP contribution in [0.2, 0.25) is 0 Å². The molecular weight excluding hydrogens is 272 g/mol. The third kappa shape index (κ3) is 3.82. The Morgan fingerprint density at radius 3 is 2.38 bits per heavy atom. The molecule has 21 heavy (non-hydrogen) atoms. The van der Waals surface area contributed by atoms with Gasteiger partial charge >= 0.3 is 5.97 Å². The molecule has 0 saturated heterocycles. The number of aromatic hydroxyl groups is 1. The van der Waals surface area contributed by atoms with Gasteiger partial charge in [0.05, 0.1) is 12.7 Å². The highest BCUT2D eigenvalue weighted by Crippen LogP contribution is 2.13. The summed E-state index contributed by atoms with van der Waals surface area (Å²) in [4.78, 5) is 23.6. The fraction of sp³-hybridized carbons (Fsp3) is 0.125. The van der Waals surface area contributed by atoms with E-state index in [-0.39, 0.29) is 23.7 Å². The van der Waals surface area contributed by atoms with Gasteiger partial charge in [-0.2, -0.15) is 0 Å². The standard InChI is InChI=1S/C16H14O5/c1-20-14-7-5-11(6-8-14)15(18)10-21-16(19)12-3-2-4-13(17)9-12/h2-9,17H,10H2,1H3. The highest BCUT2D eigenvalue weighted by atomic mass is 16.5. The van der Waals surface area contributed by atoms with Crippen LogP contribution in [0.5, 0.6) is 11.5 Å². The lowest BCUT2D eigenvalue weighted by Gasteiger charge is -2.05. The molecule has 0 amide bonds. The quantitative estimate of drug-likeness (QED) is 0.675. The molecule has 108 valence electrons. The first-order valence-corrected chi connectivity index (χ1v) is 6.23. The molecule has 0 saturated carbocycles. The van der Waals surface area contributed by atoms with Crippen LogP contribution in [-0.4, -0.2) is 30.6 Å². The van der Waals surface area contributed by atoms with Gasteiger partial charge in [-0.15, -0.1) is 0 Å². The maximum absolute atomic E-state index is 11.9. The van der Waals surface area contributed by atoms with Crippen molar-refractivity contribution in [3.63, 3.8) is 0 Å². The molecule has 2 rings (SSSR count). The van der Waals surface area contributed by atoms with Crippen LogP contribution in [0.15, 0.2) is 48.5 Å². The zero-order valence-corrected chi connectivity index (χ0v) is 11.4. The highest BCUT2D eigenvalue weighted by Gasteiger charge is 2.12. The monoisotopic (exact) mass is 286 g/mol. The molecule has 0 spiro atoms. The highest BCUT2D eigenvalue weighted by molar-refractivity contribution is 5.99. The van der Waals surface area contributed by atoms with Gasteiger partial charge < -0.3 is 14.6 Å². The number of rotatable bonds is 5. The fourth-order valence-electron chi connectivity index (χ4n) is 1.71. The normalized spacial score (nSPS) is 9.95. The summed E-state index contributed by atoms with van der Waals surface area (Å²) in [7, 11) is 1.54. The summed E-state index contributed by atoms with van der Waals surface area (Å²) in [6, 6.07) is 12.3. The van der Waals surface area contributed by atoms with Gasteiger partial charge in [0, 0.05) is 5.56 Å². The van der Waals surface area contributed by atoms with Gasteiger partial charge in [0.1, 0.15) is 11.5 Å². The number of esters is 1. The lowest BCUT2D eigenvalue weighted by molar-refractivity contribution is 0.0474. The Labute approximate surface area is 121 Å². The second kappa shape index (κ2) is 6.56. The summed E-state index contributed by atoms with van der Waals surface area (Å²) in [6.07, 6.45) is 0. The topological polar surface area (TPSA) is 72.8 Å². The van der Waals surface area contributed by atoms with E-state index in [1.807, 2.05) is 0 Å². The van der Waals surface area contributed by atoms with Gasteiger partial charge in [0.15, 0.2) is 12.4 Å². The van der Waals surface area contributed by atoms with E-state index in [0.29, 0.717) is 11.3 Å². The molecule has 0 bridgehead atoms. The van der Waals surface area contributed by atoms with Crippen LogP contribution in [0.3, 0.4) is 0 Å². The molecule has 2 aromatic rings. The Morgan fingerprint density at radius 2 is 1.76 bits per heavy atom. The van der Waals surface area contributed by atoms with Gasteiger partial charge in [-0.3, -0.25) is 4.79 Å². The number of hydrogen-bond acceptors (Lipinski definition) is 5. The predicted molar refractivity (Wildman–Crippen MR) is 75.7 cm³/mol. The number of hydrogen-bond donors (Lipinski definition) is 1. The number of carbonyl (C=O) groups excluding carboxylic acids is 2. The van der Waals surface area contributed by atoms with Crippen molar-refractivity contribution in [1.29, 1.82) is 0 Å². The lowest BCUT2D eigenvalue weighted by Crippen LogP contribution is -2.14. The maximum atomic E-state index is 11.9. The van der Waals surface area contributed by atoms with Crippen LogP contribution in [0.4, 0.5) is 0 Å². The molecule has 0 aromatic heterocycles. The lowest BCUT2D eigenvalue weighted by atomic mass is 10.1. The van der Waals surface area contributed by atoms with Crippen molar-refractivity contribution in [2.75, 3.05) is 13.7 Å². The number of benzene rings is 2. The smallest absolute Gasteiger partial charge is 0.338 e. The number of ether oxygens (including phenoxy) is 2. The third-order valence-corrected chi connectivity index (χ3v) is 2.83. The second-order valence-electron chi connectivity index (χ2n) is 4.28. The number of methoxy groups -OCH3 is 1. The zero-order chi connectivity index (χ0) is 15.2. The molecule has 0 aliphatic rings. The maximum Gasteiger partial charge on any atom is 0.338 e. The van der Waals surface area contributed by atoms with Crippen LogP contribution in [0.25, 0.3) is 0 Å². The summed E-state index contributed by atoms with van der Waals surface area (Å²) in [5, 5.41) is 9.28. The summed E-state index contributed by atoms with van der Waals surface area (Å²) in [5.74, 6) is -0.367. The minimum absolute atomic E-state index is 0.0362. The second-order valence-corrected chi connectivity index (χ2v) is 4.28. The molecule has 0 heterocycles. The van der Waals surface area contributed by atoms with E-state index < -0.39 is 5.97 Å². The number of phenols is 1. The number of carbonyl (C=O) groups is 2. The summed E-state index contributed by atoms with van der Waals surface area (Å²) in [6.45, 7) is -0.360. The molecule has 0 unspecified atom stereocenters. The Kier molecular flexibility index (Phi) is 4.56. The molecule has 1 N–H and O–H groups in total. The van der Waals surface area contributed by atoms with Gasteiger partial charge in [0.25, 0.3) is 0 Å². The van der Waals surface area contributed by atoms with Gasteiger partial charge in [-0.25, -0.2) is 4.79 Å². The van der Waals surface area contributed by atoms with Crippen LogP contribution in [-0.2, 0) is 4.74 Å². The van der Waals surface area contributed by atoms with Crippen LogP contribution in [0.1, 0.15) is 20.7 Å². The van der Waals surface area contributed by atoms with Crippen molar-refractivity contribution in [3.8, 4) is 11.5 Å². The van der Waals surface area contributed by atoms with Crippen molar-refractivity contribution >= 4 is 11.8 Å². The molecular formula is C16H14O5. The van der Waals surface area contributed by atoms with Gasteiger partial charge in [-0.1, -0.05) is 6.07 Å². The molecule has 0 aliphatic heterocycles. The van der Waals surface area contributed by atoms with Crippen molar-refractivity contribution < 1.29 is 24.2 Å². The molecule has 0 radical (unpaired) electrons. The Hall–Kier alpha value is -2.82. The van der Waals surface area contributed by atoms with Gasteiger partial charge in [0.2, 0.25) is 0 Å². The zero-order valence-electron chi connectivity index (χ0n) is 11.4. The summed E-state index contributed by atoms with van der Waals surface area (Å²) >= 11 is 0. The average Bonchev–Trinajstić information content (AvgIpc) is 2.52. The molecule has 0 atom stereocenters. The van der Waals surface area contributed by atoms with E-state index in [1.165, 1.54) is 31.4 Å². The first-order valence-electron chi connectivity index (χ1n) is 6.23. The van der Waals surface area contributed by atoms with Crippen molar-refractivity contribution in [1.82, 2.24) is 0 Å². The summed E-state index contributed by atoms with van der Waals surface area (Å²) in [5.41, 5.74) is 0.622. The van der Waals surface area contributed by atoms with E-state index in [4.69, 9.17) is 9.47 Å². The van der Waals surface area contributed by atoms with Crippen molar-refractivity contribution in [2.24, 2.45) is 0 Å². The Balaban J connectivity index is 1.95. The first-order chi connectivity index (χ1) is 10.1. The Bertz CT molecular complexity index is 646. The van der Waals surface area contributed by atoms with E-state index in [2.05, 4.69) is 0 Å². The van der Waals surface area contributed by atoms with Crippen LogP contribution in [0, 0.1) is 0 Å². The average molecular weight is 286 g/mol.